The first kappa shape index (κ1) is 20.5. The molecule has 0 saturated carbocycles. The van der Waals surface area contributed by atoms with Gasteiger partial charge in [0.25, 0.3) is 0 Å². The molecular formula is C21H32N4O3. The molecule has 3 rings (SSSR count). The molecule has 2 heterocycles. The fraction of sp³-hybridized carbons (Fsp3) is 0.619. The number of benzene rings is 1. The summed E-state index contributed by atoms with van der Waals surface area (Å²) in [6, 6.07) is 6.00. The number of para-hydroxylation sites is 1. The molecule has 2 saturated heterocycles. The van der Waals surface area contributed by atoms with Gasteiger partial charge >= 0.3 is 6.03 Å². The molecule has 0 atom stereocenters. The first-order valence-electron chi connectivity index (χ1n) is 10.3. The van der Waals surface area contributed by atoms with Crippen LogP contribution in [0.5, 0.6) is 5.75 Å². The molecule has 3 amide bonds. The number of carbonyl (C=O) groups excluding carboxylic acids is 2. The van der Waals surface area contributed by atoms with E-state index in [0.717, 1.165) is 55.9 Å². The summed E-state index contributed by atoms with van der Waals surface area (Å²) >= 11 is 0. The van der Waals surface area contributed by atoms with Gasteiger partial charge in [0.05, 0.1) is 13.1 Å². The van der Waals surface area contributed by atoms with Crippen molar-refractivity contribution in [1.29, 1.82) is 0 Å². The summed E-state index contributed by atoms with van der Waals surface area (Å²) in [5, 5.41) is 2.93. The van der Waals surface area contributed by atoms with Crippen LogP contribution < -0.4 is 10.1 Å². The number of aryl methyl sites for hydroxylation is 2. The van der Waals surface area contributed by atoms with Crippen LogP contribution in [-0.4, -0.2) is 85.6 Å². The van der Waals surface area contributed by atoms with Gasteiger partial charge in [-0.2, -0.15) is 0 Å². The Morgan fingerprint density at radius 1 is 0.964 bits per heavy atom. The minimum atomic E-state index is -0.0596. The summed E-state index contributed by atoms with van der Waals surface area (Å²) in [6.45, 7) is 10.0. The first-order valence-corrected chi connectivity index (χ1v) is 10.3. The summed E-state index contributed by atoms with van der Waals surface area (Å²) in [5.74, 6) is 1.12. The SMILES string of the molecule is Cc1cccc(C)c1OCCNC(=O)N1CCN(CC(=O)N2CCCC2)CC1. The van der Waals surface area contributed by atoms with Gasteiger partial charge < -0.3 is 19.9 Å². The second-order valence-electron chi connectivity index (χ2n) is 7.65. The lowest BCUT2D eigenvalue weighted by Gasteiger charge is -2.35. The van der Waals surface area contributed by atoms with E-state index in [-0.39, 0.29) is 11.9 Å². The third-order valence-corrected chi connectivity index (χ3v) is 5.51. The van der Waals surface area contributed by atoms with Crippen molar-refractivity contribution >= 4 is 11.9 Å². The summed E-state index contributed by atoms with van der Waals surface area (Å²) in [5.41, 5.74) is 2.21. The van der Waals surface area contributed by atoms with E-state index >= 15 is 0 Å². The lowest BCUT2D eigenvalue weighted by Crippen LogP contribution is -2.53. The molecule has 28 heavy (non-hydrogen) atoms. The monoisotopic (exact) mass is 388 g/mol. The smallest absolute Gasteiger partial charge is 0.317 e. The number of hydrogen-bond acceptors (Lipinski definition) is 4. The average molecular weight is 389 g/mol. The Kier molecular flexibility index (Phi) is 7.14. The quantitative estimate of drug-likeness (QED) is 0.753. The molecule has 0 bridgehead atoms. The van der Waals surface area contributed by atoms with Crippen LogP contribution in [0, 0.1) is 13.8 Å². The fourth-order valence-corrected chi connectivity index (χ4v) is 3.82. The van der Waals surface area contributed by atoms with E-state index in [0.29, 0.717) is 32.8 Å². The lowest BCUT2D eigenvalue weighted by molar-refractivity contribution is -0.131. The summed E-state index contributed by atoms with van der Waals surface area (Å²) in [6.07, 6.45) is 2.24. The Hall–Kier alpha value is -2.28. The molecule has 7 nitrogen and oxygen atoms in total. The Balaban J connectivity index is 1.33. The summed E-state index contributed by atoms with van der Waals surface area (Å²) in [7, 11) is 0. The van der Waals surface area contributed by atoms with Gasteiger partial charge in [-0.05, 0) is 37.8 Å². The molecule has 0 aliphatic carbocycles. The van der Waals surface area contributed by atoms with Crippen LogP contribution in [0.3, 0.4) is 0 Å². The number of nitrogens with one attached hydrogen (secondary N) is 1. The van der Waals surface area contributed by atoms with Gasteiger partial charge in [0, 0.05) is 39.3 Å². The van der Waals surface area contributed by atoms with Crippen molar-refractivity contribution in [3.8, 4) is 5.75 Å². The highest BCUT2D eigenvalue weighted by Gasteiger charge is 2.25. The number of ether oxygens (including phenoxy) is 1. The summed E-state index contributed by atoms with van der Waals surface area (Å²) < 4.78 is 5.83. The van der Waals surface area contributed by atoms with E-state index in [1.807, 2.05) is 41.8 Å². The van der Waals surface area contributed by atoms with Crippen LogP contribution in [0.4, 0.5) is 4.79 Å². The number of carbonyl (C=O) groups is 2. The minimum Gasteiger partial charge on any atom is -0.491 e. The van der Waals surface area contributed by atoms with Crippen LogP contribution in [0.15, 0.2) is 18.2 Å². The maximum absolute atomic E-state index is 12.3. The van der Waals surface area contributed by atoms with Gasteiger partial charge in [0.2, 0.25) is 5.91 Å². The molecule has 0 spiro atoms. The lowest BCUT2D eigenvalue weighted by atomic mass is 10.1. The van der Waals surface area contributed by atoms with Crippen LogP contribution in [0.25, 0.3) is 0 Å². The Morgan fingerprint density at radius 2 is 1.61 bits per heavy atom. The third-order valence-electron chi connectivity index (χ3n) is 5.51. The van der Waals surface area contributed by atoms with Crippen LogP contribution >= 0.6 is 0 Å². The molecule has 0 unspecified atom stereocenters. The van der Waals surface area contributed by atoms with Crippen molar-refractivity contribution in [2.24, 2.45) is 0 Å². The van der Waals surface area contributed by atoms with E-state index < -0.39 is 0 Å². The van der Waals surface area contributed by atoms with Crippen molar-refractivity contribution < 1.29 is 14.3 Å². The van der Waals surface area contributed by atoms with E-state index in [2.05, 4.69) is 10.2 Å². The minimum absolute atomic E-state index is 0.0596. The Morgan fingerprint density at radius 3 is 2.25 bits per heavy atom. The molecule has 1 aromatic carbocycles. The highest BCUT2D eigenvalue weighted by molar-refractivity contribution is 5.78. The number of nitrogens with zero attached hydrogens (tertiary/aromatic N) is 3. The van der Waals surface area contributed by atoms with Gasteiger partial charge in [-0.1, -0.05) is 18.2 Å². The number of piperazine rings is 1. The molecule has 2 fully saturated rings. The maximum Gasteiger partial charge on any atom is 0.317 e. The zero-order valence-corrected chi connectivity index (χ0v) is 17.1. The second kappa shape index (κ2) is 9.78. The molecule has 0 aromatic heterocycles. The van der Waals surface area contributed by atoms with Crippen molar-refractivity contribution in [3.63, 3.8) is 0 Å². The highest BCUT2D eigenvalue weighted by atomic mass is 16.5. The van der Waals surface area contributed by atoms with Crippen LogP contribution in [-0.2, 0) is 4.79 Å². The number of likely N-dealkylation sites (tertiary alicyclic amines) is 1. The number of amides is 3. The maximum atomic E-state index is 12.3. The predicted molar refractivity (Wildman–Crippen MR) is 109 cm³/mol. The van der Waals surface area contributed by atoms with Crippen LogP contribution in [0.2, 0.25) is 0 Å². The van der Waals surface area contributed by atoms with Gasteiger partial charge in [0.1, 0.15) is 12.4 Å². The van der Waals surface area contributed by atoms with Crippen molar-refractivity contribution in [2.75, 3.05) is 59.0 Å². The molecule has 154 valence electrons. The van der Waals surface area contributed by atoms with Gasteiger partial charge in [-0.25, -0.2) is 4.79 Å². The van der Waals surface area contributed by atoms with E-state index in [9.17, 15) is 9.59 Å². The molecule has 2 aliphatic heterocycles. The highest BCUT2D eigenvalue weighted by Crippen LogP contribution is 2.21. The van der Waals surface area contributed by atoms with Gasteiger partial charge in [-0.15, -0.1) is 0 Å². The predicted octanol–water partition coefficient (Wildman–Crippen LogP) is 1.63. The molecule has 1 N–H and O–H groups in total. The van der Waals surface area contributed by atoms with Gasteiger partial charge in [-0.3, -0.25) is 9.69 Å². The molecule has 7 heteroatoms. The Labute approximate surface area is 167 Å². The zero-order chi connectivity index (χ0) is 19.9. The van der Waals surface area contributed by atoms with Crippen LogP contribution in [0.1, 0.15) is 24.0 Å². The number of urea groups is 1. The zero-order valence-electron chi connectivity index (χ0n) is 17.1. The number of rotatable bonds is 6. The fourth-order valence-electron chi connectivity index (χ4n) is 3.82. The van der Waals surface area contributed by atoms with Crippen molar-refractivity contribution in [1.82, 2.24) is 20.0 Å². The normalized spacial score (nSPS) is 17.6. The Bertz CT molecular complexity index is 660. The largest absolute Gasteiger partial charge is 0.491 e. The topological polar surface area (TPSA) is 65.1 Å². The van der Waals surface area contributed by atoms with Crippen molar-refractivity contribution in [3.05, 3.63) is 29.3 Å². The van der Waals surface area contributed by atoms with E-state index in [1.165, 1.54) is 0 Å². The average Bonchev–Trinajstić information content (AvgIpc) is 3.22. The molecule has 0 radical (unpaired) electrons. The van der Waals surface area contributed by atoms with E-state index in [4.69, 9.17) is 4.74 Å². The molecule has 2 aliphatic rings. The number of hydrogen-bond donors (Lipinski definition) is 1. The summed E-state index contributed by atoms with van der Waals surface area (Å²) in [4.78, 5) is 30.5. The van der Waals surface area contributed by atoms with E-state index in [1.54, 1.807) is 0 Å². The third kappa shape index (κ3) is 5.38. The second-order valence-corrected chi connectivity index (χ2v) is 7.65. The van der Waals surface area contributed by atoms with Crippen molar-refractivity contribution in [2.45, 2.75) is 26.7 Å². The van der Waals surface area contributed by atoms with Gasteiger partial charge in [0.15, 0.2) is 0 Å². The molecular weight excluding hydrogens is 356 g/mol. The standard InChI is InChI=1S/C21H32N4O3/c1-17-6-5-7-18(2)20(17)28-15-8-22-21(27)25-13-11-23(12-14-25)16-19(26)24-9-3-4-10-24/h5-7H,3-4,8-16H2,1-2H3,(H,22,27). The molecule has 1 aromatic rings. The first-order chi connectivity index (χ1) is 13.5.